The van der Waals surface area contributed by atoms with Gasteiger partial charge in [0.25, 0.3) is 0 Å². The summed E-state index contributed by atoms with van der Waals surface area (Å²) in [6.45, 7) is 0. The molecule has 1 heteroatoms. The fraction of sp³-hybridized carbons (Fsp3) is 0.333. The lowest BCUT2D eigenvalue weighted by molar-refractivity contribution is 0.0000604. The van der Waals surface area contributed by atoms with E-state index < -0.39 is 0 Å². The maximum atomic E-state index is 6.34. The molecule has 0 N–H and O–H groups in total. The van der Waals surface area contributed by atoms with Gasteiger partial charge in [-0.1, -0.05) is 48.5 Å². The lowest BCUT2D eigenvalue weighted by Gasteiger charge is -2.17. The van der Waals surface area contributed by atoms with Gasteiger partial charge in [-0.3, -0.25) is 0 Å². The average molecular weight is 250 g/mol. The van der Waals surface area contributed by atoms with E-state index in [1.165, 1.54) is 22.3 Å². The summed E-state index contributed by atoms with van der Waals surface area (Å²) in [4.78, 5) is 0. The molecule has 2 aromatic rings. The van der Waals surface area contributed by atoms with E-state index in [1.807, 2.05) is 0 Å². The first-order chi connectivity index (χ1) is 9.38. The third-order valence-corrected chi connectivity index (χ3v) is 4.41. The number of rotatable bonds is 2. The maximum absolute atomic E-state index is 6.34. The number of hydrogen-bond acceptors (Lipinski definition) is 1. The second kappa shape index (κ2) is 4.50. The van der Waals surface area contributed by atoms with E-state index in [1.54, 1.807) is 0 Å². The first kappa shape index (κ1) is 11.2. The summed E-state index contributed by atoms with van der Waals surface area (Å²) in [5.41, 5.74) is 5.90. The fourth-order valence-electron chi connectivity index (χ4n) is 3.50. The Labute approximate surface area is 114 Å². The van der Waals surface area contributed by atoms with Crippen LogP contribution in [0.1, 0.15) is 22.3 Å². The van der Waals surface area contributed by atoms with Crippen LogP contribution in [0.3, 0.4) is 0 Å². The number of benzene rings is 2. The third kappa shape index (κ3) is 2.08. The SMILES string of the molecule is c1ccc2c(c1)CC(OC1Cc3ccccc3C1)C2. The van der Waals surface area contributed by atoms with Gasteiger partial charge in [-0.2, -0.15) is 0 Å². The molecule has 0 radical (unpaired) electrons. The van der Waals surface area contributed by atoms with E-state index in [-0.39, 0.29) is 0 Å². The molecule has 0 atom stereocenters. The van der Waals surface area contributed by atoms with Crippen LogP contribution in [0.25, 0.3) is 0 Å². The zero-order chi connectivity index (χ0) is 12.7. The Morgan fingerprint density at radius 1 is 0.579 bits per heavy atom. The molecule has 0 bridgehead atoms. The van der Waals surface area contributed by atoms with E-state index in [0.29, 0.717) is 12.2 Å². The lowest BCUT2D eigenvalue weighted by atomic mass is 10.1. The van der Waals surface area contributed by atoms with Crippen LogP contribution in [0, 0.1) is 0 Å². The van der Waals surface area contributed by atoms with Crippen LogP contribution in [0.5, 0.6) is 0 Å². The minimum absolute atomic E-state index is 0.386. The molecule has 0 aromatic heterocycles. The molecular formula is C18H18O. The van der Waals surface area contributed by atoms with Crippen molar-refractivity contribution in [3.8, 4) is 0 Å². The quantitative estimate of drug-likeness (QED) is 0.794. The second-order valence-corrected chi connectivity index (χ2v) is 5.73. The predicted molar refractivity (Wildman–Crippen MR) is 76.4 cm³/mol. The molecule has 0 spiro atoms. The van der Waals surface area contributed by atoms with Gasteiger partial charge in [-0.25, -0.2) is 0 Å². The van der Waals surface area contributed by atoms with Crippen LogP contribution in [-0.2, 0) is 30.4 Å². The Kier molecular flexibility index (Phi) is 2.66. The standard InChI is InChI=1S/C18H18O/c1-2-6-14-10-17(9-13(14)5-1)19-18-11-15-7-3-4-8-16(15)12-18/h1-8,17-18H,9-12H2. The smallest absolute Gasteiger partial charge is 0.0660 e. The highest BCUT2D eigenvalue weighted by atomic mass is 16.5. The van der Waals surface area contributed by atoms with Gasteiger partial charge in [0.15, 0.2) is 0 Å². The molecule has 0 saturated carbocycles. The zero-order valence-corrected chi connectivity index (χ0v) is 11.0. The van der Waals surface area contributed by atoms with Gasteiger partial charge in [0.05, 0.1) is 12.2 Å². The summed E-state index contributed by atoms with van der Waals surface area (Å²) in [5, 5.41) is 0. The van der Waals surface area contributed by atoms with Gasteiger partial charge in [-0.15, -0.1) is 0 Å². The molecule has 0 heterocycles. The van der Waals surface area contributed by atoms with Crippen molar-refractivity contribution in [1.29, 1.82) is 0 Å². The van der Waals surface area contributed by atoms with Gasteiger partial charge in [-0.05, 0) is 47.9 Å². The van der Waals surface area contributed by atoms with Crippen molar-refractivity contribution in [3.05, 3.63) is 70.8 Å². The van der Waals surface area contributed by atoms with Gasteiger partial charge in [0, 0.05) is 0 Å². The Morgan fingerprint density at radius 3 is 1.21 bits per heavy atom. The minimum Gasteiger partial charge on any atom is -0.374 e. The molecule has 2 aromatic carbocycles. The van der Waals surface area contributed by atoms with Gasteiger partial charge < -0.3 is 4.74 Å². The summed E-state index contributed by atoms with van der Waals surface area (Å²) < 4.78 is 6.34. The zero-order valence-electron chi connectivity index (χ0n) is 11.0. The highest BCUT2D eigenvalue weighted by Gasteiger charge is 2.28. The number of ether oxygens (including phenoxy) is 1. The predicted octanol–water partition coefficient (Wildman–Crippen LogP) is 3.34. The van der Waals surface area contributed by atoms with Crippen LogP contribution in [0.4, 0.5) is 0 Å². The van der Waals surface area contributed by atoms with Crippen molar-refractivity contribution < 1.29 is 4.74 Å². The number of fused-ring (bicyclic) bond motifs is 2. The monoisotopic (exact) mass is 250 g/mol. The maximum Gasteiger partial charge on any atom is 0.0660 e. The summed E-state index contributed by atoms with van der Waals surface area (Å²) in [5.74, 6) is 0. The van der Waals surface area contributed by atoms with E-state index in [9.17, 15) is 0 Å². The molecule has 19 heavy (non-hydrogen) atoms. The van der Waals surface area contributed by atoms with Crippen molar-refractivity contribution in [3.63, 3.8) is 0 Å². The van der Waals surface area contributed by atoms with E-state index in [4.69, 9.17) is 4.74 Å². The Hall–Kier alpha value is -1.60. The van der Waals surface area contributed by atoms with Crippen molar-refractivity contribution >= 4 is 0 Å². The average Bonchev–Trinajstić information content (AvgIpc) is 3.00. The molecule has 0 aliphatic heterocycles. The van der Waals surface area contributed by atoms with E-state index >= 15 is 0 Å². The molecule has 4 rings (SSSR count). The normalized spacial score (nSPS) is 18.5. The first-order valence-corrected chi connectivity index (χ1v) is 7.17. The van der Waals surface area contributed by atoms with Crippen molar-refractivity contribution in [2.24, 2.45) is 0 Å². The summed E-state index contributed by atoms with van der Waals surface area (Å²) in [7, 11) is 0. The Balaban J connectivity index is 1.43. The second-order valence-electron chi connectivity index (χ2n) is 5.73. The van der Waals surface area contributed by atoms with E-state index in [0.717, 1.165) is 25.7 Å². The molecule has 0 saturated heterocycles. The summed E-state index contributed by atoms with van der Waals surface area (Å²) >= 11 is 0. The molecule has 0 fully saturated rings. The fourth-order valence-corrected chi connectivity index (χ4v) is 3.50. The van der Waals surface area contributed by atoms with E-state index in [2.05, 4.69) is 48.5 Å². The molecule has 2 aliphatic rings. The Bertz CT molecular complexity index is 499. The minimum atomic E-state index is 0.386. The van der Waals surface area contributed by atoms with Crippen molar-refractivity contribution in [2.75, 3.05) is 0 Å². The molecule has 0 amide bonds. The topological polar surface area (TPSA) is 9.23 Å². The van der Waals surface area contributed by atoms with Crippen LogP contribution >= 0.6 is 0 Å². The van der Waals surface area contributed by atoms with Crippen LogP contribution < -0.4 is 0 Å². The molecule has 0 unspecified atom stereocenters. The van der Waals surface area contributed by atoms with Gasteiger partial charge >= 0.3 is 0 Å². The van der Waals surface area contributed by atoms with Crippen molar-refractivity contribution in [2.45, 2.75) is 37.9 Å². The van der Waals surface area contributed by atoms with Crippen LogP contribution in [0.2, 0.25) is 0 Å². The largest absolute Gasteiger partial charge is 0.374 e. The summed E-state index contributed by atoms with van der Waals surface area (Å²) in [6.07, 6.45) is 5.12. The highest BCUT2D eigenvalue weighted by molar-refractivity contribution is 5.34. The lowest BCUT2D eigenvalue weighted by Crippen LogP contribution is -2.23. The van der Waals surface area contributed by atoms with Gasteiger partial charge in [0.2, 0.25) is 0 Å². The first-order valence-electron chi connectivity index (χ1n) is 7.17. The van der Waals surface area contributed by atoms with Crippen molar-refractivity contribution in [1.82, 2.24) is 0 Å². The highest BCUT2D eigenvalue weighted by Crippen LogP contribution is 2.29. The van der Waals surface area contributed by atoms with Crippen LogP contribution in [0.15, 0.2) is 48.5 Å². The third-order valence-electron chi connectivity index (χ3n) is 4.41. The molecule has 96 valence electrons. The van der Waals surface area contributed by atoms with Gasteiger partial charge in [0.1, 0.15) is 0 Å². The van der Waals surface area contributed by atoms with Crippen LogP contribution in [-0.4, -0.2) is 12.2 Å². The molecule has 2 aliphatic carbocycles. The molecular weight excluding hydrogens is 232 g/mol. The molecule has 1 nitrogen and oxygen atoms in total. The number of hydrogen-bond donors (Lipinski definition) is 0. The Morgan fingerprint density at radius 2 is 0.895 bits per heavy atom. The summed E-state index contributed by atoms with van der Waals surface area (Å²) in [6, 6.07) is 17.5.